The van der Waals surface area contributed by atoms with E-state index in [1.54, 1.807) is 0 Å². The van der Waals surface area contributed by atoms with Crippen LogP contribution in [0.5, 0.6) is 0 Å². The second kappa shape index (κ2) is 8.81. The highest BCUT2D eigenvalue weighted by atomic mass is 16.5. The van der Waals surface area contributed by atoms with Crippen LogP contribution in [0.2, 0.25) is 0 Å². The van der Waals surface area contributed by atoms with Crippen LogP contribution in [0.3, 0.4) is 0 Å². The largest absolute Gasteiger partial charge is 0.379 e. The molecule has 0 spiro atoms. The van der Waals surface area contributed by atoms with Crippen LogP contribution in [0.25, 0.3) is 16.7 Å². The number of hydrogen-bond acceptors (Lipinski definition) is 4. The monoisotopic (exact) mass is 392 g/mol. The predicted octanol–water partition coefficient (Wildman–Crippen LogP) is 3.17. The molecule has 0 aliphatic carbocycles. The molecule has 1 saturated heterocycles. The number of anilines is 1. The first-order valence-corrected chi connectivity index (χ1v) is 10.7. The number of para-hydroxylation sites is 2. The summed E-state index contributed by atoms with van der Waals surface area (Å²) in [6, 6.07) is 10.7. The molecule has 1 aromatic carbocycles. The van der Waals surface area contributed by atoms with Crippen LogP contribution in [0.15, 0.2) is 24.3 Å². The van der Waals surface area contributed by atoms with Crippen molar-refractivity contribution in [2.45, 2.75) is 33.1 Å². The van der Waals surface area contributed by atoms with Gasteiger partial charge >= 0.3 is 0 Å². The summed E-state index contributed by atoms with van der Waals surface area (Å²) in [7, 11) is 0. The van der Waals surface area contributed by atoms with Crippen LogP contribution in [0.1, 0.15) is 36.5 Å². The van der Waals surface area contributed by atoms with Gasteiger partial charge in [0, 0.05) is 25.2 Å². The molecule has 0 radical (unpaired) electrons. The number of ether oxygens (including phenoxy) is 1. The molecule has 2 aromatic heterocycles. The van der Waals surface area contributed by atoms with Crippen LogP contribution >= 0.6 is 0 Å². The van der Waals surface area contributed by atoms with Gasteiger partial charge in [0.1, 0.15) is 22.7 Å². The van der Waals surface area contributed by atoms with E-state index in [4.69, 9.17) is 4.74 Å². The van der Waals surface area contributed by atoms with E-state index < -0.39 is 0 Å². The summed E-state index contributed by atoms with van der Waals surface area (Å²) < 4.78 is 7.65. The number of hydrogen-bond donors (Lipinski definition) is 2. The molecule has 6 heteroatoms. The number of benzene rings is 1. The second-order valence-electron chi connectivity index (χ2n) is 7.75. The fraction of sp³-hybridized carbons (Fsp3) is 0.478. The number of morpholine rings is 1. The molecule has 152 valence electrons. The van der Waals surface area contributed by atoms with Crippen LogP contribution < -0.4 is 9.72 Å². The Morgan fingerprint density at radius 2 is 2.07 bits per heavy atom. The van der Waals surface area contributed by atoms with E-state index in [1.807, 2.05) is 6.07 Å². The Morgan fingerprint density at radius 3 is 2.83 bits per heavy atom. The highest BCUT2D eigenvalue weighted by Crippen LogP contribution is 2.26. The minimum absolute atomic E-state index is 0.739. The Kier molecular flexibility index (Phi) is 5.98. The molecule has 0 saturated carbocycles. The van der Waals surface area contributed by atoms with E-state index >= 15 is 0 Å². The fourth-order valence-electron chi connectivity index (χ4n) is 4.34. The molecule has 1 aliphatic rings. The lowest BCUT2D eigenvalue weighted by Crippen LogP contribution is -2.37. The van der Waals surface area contributed by atoms with Gasteiger partial charge in [-0.25, -0.2) is 0 Å². The Hall–Kier alpha value is -2.62. The first-order valence-electron chi connectivity index (χ1n) is 10.7. The lowest BCUT2D eigenvalue weighted by molar-refractivity contribution is -0.465. The van der Waals surface area contributed by atoms with Gasteiger partial charge in [-0.15, -0.1) is 0 Å². The number of nitrogens with one attached hydrogen (secondary N) is 2. The van der Waals surface area contributed by atoms with Gasteiger partial charge in [0.2, 0.25) is 11.5 Å². The van der Waals surface area contributed by atoms with Crippen molar-refractivity contribution in [1.29, 1.82) is 5.26 Å². The Bertz CT molecular complexity index is 1040. The van der Waals surface area contributed by atoms with Gasteiger partial charge in [-0.2, -0.15) is 9.66 Å². The SMILES string of the molecule is CCCc1c(C)c(C#N)c2[nH]c3ccccc3[n+]2c1NCCCN1CCOCC1. The van der Waals surface area contributed by atoms with Gasteiger partial charge < -0.3 is 10.1 Å². The predicted molar refractivity (Wildman–Crippen MR) is 115 cm³/mol. The zero-order chi connectivity index (χ0) is 20.2. The van der Waals surface area contributed by atoms with E-state index in [-0.39, 0.29) is 0 Å². The third kappa shape index (κ3) is 3.81. The number of imidazole rings is 1. The van der Waals surface area contributed by atoms with Crippen molar-refractivity contribution in [1.82, 2.24) is 9.88 Å². The number of aromatic nitrogens is 2. The van der Waals surface area contributed by atoms with Crippen LogP contribution in [0.4, 0.5) is 5.82 Å². The van der Waals surface area contributed by atoms with Crippen molar-refractivity contribution in [3.8, 4) is 6.07 Å². The van der Waals surface area contributed by atoms with E-state index in [0.29, 0.717) is 0 Å². The van der Waals surface area contributed by atoms with E-state index in [2.05, 4.69) is 57.7 Å². The zero-order valence-corrected chi connectivity index (χ0v) is 17.4. The lowest BCUT2D eigenvalue weighted by atomic mass is 10.0. The maximum Gasteiger partial charge on any atom is 0.250 e. The van der Waals surface area contributed by atoms with Gasteiger partial charge in [0.15, 0.2) is 0 Å². The quantitative estimate of drug-likeness (QED) is 0.479. The van der Waals surface area contributed by atoms with E-state index in [0.717, 1.165) is 92.3 Å². The van der Waals surface area contributed by atoms with E-state index in [9.17, 15) is 5.26 Å². The summed E-state index contributed by atoms with van der Waals surface area (Å²) >= 11 is 0. The normalized spacial score (nSPS) is 15.1. The third-order valence-electron chi connectivity index (χ3n) is 5.85. The average Bonchev–Trinajstić information content (AvgIpc) is 3.13. The van der Waals surface area contributed by atoms with Crippen molar-refractivity contribution in [3.63, 3.8) is 0 Å². The van der Waals surface area contributed by atoms with Crippen molar-refractivity contribution in [2.75, 3.05) is 44.7 Å². The molecule has 29 heavy (non-hydrogen) atoms. The molecular formula is C23H30N5O+. The third-order valence-corrected chi connectivity index (χ3v) is 5.85. The second-order valence-corrected chi connectivity index (χ2v) is 7.75. The molecule has 3 aromatic rings. The topological polar surface area (TPSA) is 68.2 Å². The number of H-pyrrole nitrogens is 1. The summed E-state index contributed by atoms with van der Waals surface area (Å²) in [6.07, 6.45) is 3.08. The average molecular weight is 393 g/mol. The first-order chi connectivity index (χ1) is 14.2. The minimum atomic E-state index is 0.739. The van der Waals surface area contributed by atoms with Crippen LogP contribution in [-0.4, -0.2) is 49.3 Å². The molecule has 0 bridgehead atoms. The van der Waals surface area contributed by atoms with E-state index in [1.165, 1.54) is 5.56 Å². The summed E-state index contributed by atoms with van der Waals surface area (Å²) in [5, 5.41) is 13.6. The lowest BCUT2D eigenvalue weighted by Gasteiger charge is -2.26. The molecule has 3 heterocycles. The highest BCUT2D eigenvalue weighted by Gasteiger charge is 2.25. The number of nitriles is 1. The molecule has 4 rings (SSSR count). The number of fused-ring (bicyclic) bond motifs is 3. The molecule has 2 N–H and O–H groups in total. The summed E-state index contributed by atoms with van der Waals surface area (Å²) in [5.41, 5.74) is 6.10. The van der Waals surface area contributed by atoms with Crippen LogP contribution in [0, 0.1) is 18.3 Å². The van der Waals surface area contributed by atoms with Crippen molar-refractivity contribution in [3.05, 3.63) is 41.0 Å². The fourth-order valence-corrected chi connectivity index (χ4v) is 4.34. The molecule has 6 nitrogen and oxygen atoms in total. The van der Waals surface area contributed by atoms with Crippen molar-refractivity contribution >= 4 is 22.5 Å². The molecule has 0 atom stereocenters. The van der Waals surface area contributed by atoms with Gasteiger partial charge in [-0.1, -0.05) is 25.5 Å². The van der Waals surface area contributed by atoms with Gasteiger partial charge in [0.25, 0.3) is 0 Å². The first kappa shape index (κ1) is 19.7. The smallest absolute Gasteiger partial charge is 0.250 e. The summed E-state index contributed by atoms with van der Waals surface area (Å²) in [6.45, 7) is 9.99. The van der Waals surface area contributed by atoms with Crippen molar-refractivity contribution < 1.29 is 9.14 Å². The maximum absolute atomic E-state index is 9.86. The highest BCUT2D eigenvalue weighted by molar-refractivity contribution is 5.78. The molecule has 0 unspecified atom stereocenters. The zero-order valence-electron chi connectivity index (χ0n) is 17.4. The number of nitrogens with zero attached hydrogens (tertiary/aromatic N) is 3. The van der Waals surface area contributed by atoms with Crippen LogP contribution in [-0.2, 0) is 11.2 Å². The van der Waals surface area contributed by atoms with Gasteiger partial charge in [-0.3, -0.25) is 9.88 Å². The number of aromatic amines is 1. The molecule has 1 fully saturated rings. The molecule has 1 aliphatic heterocycles. The Labute approximate surface area is 172 Å². The Morgan fingerprint density at radius 1 is 1.28 bits per heavy atom. The molecular weight excluding hydrogens is 362 g/mol. The van der Waals surface area contributed by atoms with Crippen molar-refractivity contribution in [2.24, 2.45) is 0 Å². The van der Waals surface area contributed by atoms with Gasteiger partial charge in [-0.05, 0) is 37.5 Å². The maximum atomic E-state index is 9.86. The number of rotatable bonds is 7. The standard InChI is InChI=1S/C23H29N5O/c1-3-7-18-17(2)19(16-24)23-26-20-8-4-5-9-21(20)28(23)22(18)25-10-6-11-27-12-14-29-15-13-27/h4-5,8-9H,3,6-7,10-15H2,1-2H3,(H,25,26)/p+1. The van der Waals surface area contributed by atoms with Gasteiger partial charge in [0.05, 0.1) is 19.8 Å². The minimum Gasteiger partial charge on any atom is -0.379 e. The Balaban J connectivity index is 1.70. The summed E-state index contributed by atoms with van der Waals surface area (Å²) in [5.74, 6) is 1.12. The molecule has 0 amide bonds. The number of pyridine rings is 1. The summed E-state index contributed by atoms with van der Waals surface area (Å²) in [4.78, 5) is 5.94.